The fourth-order valence-corrected chi connectivity index (χ4v) is 9.51. The van der Waals surface area contributed by atoms with Crippen LogP contribution >= 0.6 is 0 Å². The number of hydrogen-bond acceptors (Lipinski definition) is 4. The minimum absolute atomic E-state index is 0.621. The van der Waals surface area contributed by atoms with Crippen LogP contribution in [0.25, 0.3) is 122 Å². The van der Waals surface area contributed by atoms with Crippen LogP contribution < -0.4 is 0 Å². The molecule has 0 aliphatic rings. The van der Waals surface area contributed by atoms with E-state index in [-0.39, 0.29) is 0 Å². The summed E-state index contributed by atoms with van der Waals surface area (Å²) >= 11 is 0. The smallest absolute Gasteiger partial charge is 0.164 e. The highest BCUT2D eigenvalue weighted by Gasteiger charge is 2.22. The van der Waals surface area contributed by atoms with E-state index in [4.69, 9.17) is 19.4 Å². The Kier molecular flexibility index (Phi) is 7.80. The molecule has 0 atom stereocenters. The fraction of sp³-hybridized carbons (Fsp3) is 0. The quantitative estimate of drug-likeness (QED) is 0.168. The van der Waals surface area contributed by atoms with E-state index in [1.807, 2.05) is 72.8 Å². The predicted molar refractivity (Wildman–Crippen MR) is 258 cm³/mol. The van der Waals surface area contributed by atoms with Gasteiger partial charge >= 0.3 is 0 Å². The lowest BCUT2D eigenvalue weighted by Gasteiger charge is -2.11. The van der Waals surface area contributed by atoms with Crippen LogP contribution in [0.4, 0.5) is 0 Å². The van der Waals surface area contributed by atoms with Crippen molar-refractivity contribution in [3.63, 3.8) is 0 Å². The Morgan fingerprint density at radius 3 is 1.51 bits per heavy atom. The Labute approximate surface area is 361 Å². The normalized spacial score (nSPS) is 11.8. The van der Waals surface area contributed by atoms with E-state index in [0.29, 0.717) is 17.5 Å². The first-order valence-electron chi connectivity index (χ1n) is 21.2. The summed E-state index contributed by atoms with van der Waals surface area (Å²) in [4.78, 5) is 15.0. The summed E-state index contributed by atoms with van der Waals surface area (Å²) in [6.07, 6.45) is 0. The summed E-state index contributed by atoms with van der Waals surface area (Å²) in [5.41, 5.74) is 13.4. The molecule has 0 saturated heterocycles. The highest BCUT2D eigenvalue weighted by molar-refractivity contribution is 6.29. The van der Waals surface area contributed by atoms with Crippen LogP contribution in [0.2, 0.25) is 0 Å². The topological polar surface area (TPSA) is 61.7 Å². The molecule has 6 heteroatoms. The lowest BCUT2D eigenvalue weighted by Crippen LogP contribution is -2.00. The van der Waals surface area contributed by atoms with Crippen molar-refractivity contribution in [2.24, 2.45) is 0 Å². The van der Waals surface area contributed by atoms with E-state index in [1.54, 1.807) is 0 Å². The summed E-state index contributed by atoms with van der Waals surface area (Å²) in [6, 6.07) is 74.5. The predicted octanol–water partition coefficient (Wildman–Crippen LogP) is 14.6. The number of benzene rings is 9. The van der Waals surface area contributed by atoms with Gasteiger partial charge in [0.25, 0.3) is 0 Å². The van der Waals surface area contributed by atoms with Crippen molar-refractivity contribution < 1.29 is 4.42 Å². The van der Waals surface area contributed by atoms with Gasteiger partial charge < -0.3 is 13.6 Å². The molecule has 63 heavy (non-hydrogen) atoms. The molecule has 0 amide bonds. The highest BCUT2D eigenvalue weighted by atomic mass is 16.3. The second-order valence-electron chi connectivity index (χ2n) is 16.0. The van der Waals surface area contributed by atoms with E-state index in [0.717, 1.165) is 72.2 Å². The Hall–Kier alpha value is -8.61. The Morgan fingerprint density at radius 1 is 0.286 bits per heavy atom. The van der Waals surface area contributed by atoms with Crippen molar-refractivity contribution in [1.82, 2.24) is 24.1 Å². The number of fused-ring (bicyclic) bond motifs is 10. The van der Waals surface area contributed by atoms with E-state index in [1.165, 1.54) is 32.6 Å². The molecule has 0 bridgehead atoms. The van der Waals surface area contributed by atoms with Crippen LogP contribution in [0.3, 0.4) is 0 Å². The SMILES string of the molecule is c1ccc(-c2nc(-c3ccccc3)nc(-c3cccc(-c4ccc5c6c7c8ccccc8n(-c8ccccc8)c7ccc6n(-c6ccc7c(c6)oc6ccccc67)c5c4)c3)n2)cc1. The number of rotatable bonds is 6. The zero-order valence-corrected chi connectivity index (χ0v) is 33.9. The number of para-hydroxylation sites is 3. The molecular weight excluding hydrogens is 771 g/mol. The molecule has 0 aliphatic heterocycles. The van der Waals surface area contributed by atoms with Crippen molar-refractivity contribution in [2.75, 3.05) is 0 Å². The molecule has 0 aliphatic carbocycles. The molecule has 6 nitrogen and oxygen atoms in total. The maximum Gasteiger partial charge on any atom is 0.164 e. The maximum atomic E-state index is 6.48. The van der Waals surface area contributed by atoms with Gasteiger partial charge in [-0.1, -0.05) is 146 Å². The molecular formula is C57H35N5O. The molecule has 4 aromatic heterocycles. The number of aromatic nitrogens is 5. The molecule has 0 radical (unpaired) electrons. The first kappa shape index (κ1) is 35.2. The number of furan rings is 1. The molecule has 0 spiro atoms. The van der Waals surface area contributed by atoms with Crippen LogP contribution in [-0.2, 0) is 0 Å². The highest BCUT2D eigenvalue weighted by Crippen LogP contribution is 2.44. The van der Waals surface area contributed by atoms with Crippen LogP contribution in [0.1, 0.15) is 0 Å². The van der Waals surface area contributed by atoms with Crippen molar-refractivity contribution in [1.29, 1.82) is 0 Å². The molecule has 0 saturated carbocycles. The Morgan fingerprint density at radius 2 is 0.794 bits per heavy atom. The minimum Gasteiger partial charge on any atom is -0.456 e. The number of hydrogen-bond donors (Lipinski definition) is 0. The van der Waals surface area contributed by atoms with Gasteiger partial charge in [0, 0.05) is 66.4 Å². The van der Waals surface area contributed by atoms with Gasteiger partial charge in [0.15, 0.2) is 17.5 Å². The van der Waals surface area contributed by atoms with Crippen LogP contribution in [0.15, 0.2) is 217 Å². The summed E-state index contributed by atoms with van der Waals surface area (Å²) in [5.74, 6) is 1.89. The lowest BCUT2D eigenvalue weighted by atomic mass is 10.00. The van der Waals surface area contributed by atoms with Crippen molar-refractivity contribution >= 4 is 65.6 Å². The third-order valence-corrected chi connectivity index (χ3v) is 12.4. The van der Waals surface area contributed by atoms with Gasteiger partial charge in [-0.2, -0.15) is 0 Å². The van der Waals surface area contributed by atoms with Gasteiger partial charge in [0.2, 0.25) is 0 Å². The number of nitrogens with zero attached hydrogens (tertiary/aromatic N) is 5. The Balaban J connectivity index is 1.05. The zero-order chi connectivity index (χ0) is 41.4. The van der Waals surface area contributed by atoms with Crippen molar-refractivity contribution in [2.45, 2.75) is 0 Å². The van der Waals surface area contributed by atoms with E-state index >= 15 is 0 Å². The summed E-state index contributed by atoms with van der Waals surface area (Å²) < 4.78 is 11.3. The maximum absolute atomic E-state index is 6.48. The summed E-state index contributed by atoms with van der Waals surface area (Å²) in [5, 5.41) is 7.05. The monoisotopic (exact) mass is 805 g/mol. The van der Waals surface area contributed by atoms with Crippen LogP contribution in [-0.4, -0.2) is 24.1 Å². The standard InChI is InChI=1S/C57H35N5O/c1-4-15-36(16-5-1)55-58-56(37-17-6-2-7-18-37)60-57(59-55)40-20-14-19-38(33-40)39-27-29-46-50(34-39)62(42-28-30-44-43-23-11-13-26-51(43)63-52(44)35-42)49-32-31-48-53(54(46)49)45-24-10-12-25-47(45)61(48)41-21-8-3-9-22-41/h1-35H. The van der Waals surface area contributed by atoms with Gasteiger partial charge in [0.05, 0.1) is 22.1 Å². The average molecular weight is 806 g/mol. The molecule has 4 heterocycles. The zero-order valence-electron chi connectivity index (χ0n) is 33.9. The van der Waals surface area contributed by atoms with Gasteiger partial charge in [-0.05, 0) is 71.8 Å². The molecule has 13 rings (SSSR count). The van der Waals surface area contributed by atoms with Crippen molar-refractivity contribution in [3.8, 4) is 56.7 Å². The molecule has 9 aromatic carbocycles. The average Bonchev–Trinajstić information content (AvgIpc) is 4.01. The third-order valence-electron chi connectivity index (χ3n) is 12.4. The molecule has 0 N–H and O–H groups in total. The first-order valence-corrected chi connectivity index (χ1v) is 21.2. The molecule has 0 unspecified atom stereocenters. The summed E-state index contributed by atoms with van der Waals surface area (Å²) in [6.45, 7) is 0. The van der Waals surface area contributed by atoms with Crippen LogP contribution in [0.5, 0.6) is 0 Å². The van der Waals surface area contributed by atoms with Gasteiger partial charge in [-0.3, -0.25) is 0 Å². The molecule has 0 fully saturated rings. The van der Waals surface area contributed by atoms with Crippen molar-refractivity contribution in [3.05, 3.63) is 212 Å². The molecule has 13 aromatic rings. The van der Waals surface area contributed by atoms with E-state index in [2.05, 4.69) is 149 Å². The first-order chi connectivity index (χ1) is 31.2. The Bertz CT molecular complexity index is 3850. The van der Waals surface area contributed by atoms with Gasteiger partial charge in [0.1, 0.15) is 11.2 Å². The second-order valence-corrected chi connectivity index (χ2v) is 16.0. The van der Waals surface area contributed by atoms with Gasteiger partial charge in [-0.15, -0.1) is 0 Å². The fourth-order valence-electron chi connectivity index (χ4n) is 9.51. The second kappa shape index (κ2) is 14.0. The van der Waals surface area contributed by atoms with Crippen LogP contribution in [0, 0.1) is 0 Å². The van der Waals surface area contributed by atoms with E-state index in [9.17, 15) is 0 Å². The molecule has 294 valence electrons. The minimum atomic E-state index is 0.621. The lowest BCUT2D eigenvalue weighted by molar-refractivity contribution is 0.668. The largest absolute Gasteiger partial charge is 0.456 e. The third kappa shape index (κ3) is 5.62. The van der Waals surface area contributed by atoms with Gasteiger partial charge in [-0.25, -0.2) is 15.0 Å². The summed E-state index contributed by atoms with van der Waals surface area (Å²) in [7, 11) is 0. The van der Waals surface area contributed by atoms with E-state index < -0.39 is 0 Å².